The SMILES string of the molecule is C=C(CNC(C)(C)C)CN1CCCN(C)CC1. The lowest BCUT2D eigenvalue weighted by Crippen LogP contribution is -2.39. The average molecular weight is 239 g/mol. The molecule has 17 heavy (non-hydrogen) atoms. The van der Waals surface area contributed by atoms with Gasteiger partial charge >= 0.3 is 0 Å². The molecule has 0 atom stereocenters. The van der Waals surface area contributed by atoms with Gasteiger partial charge in [0.15, 0.2) is 0 Å². The van der Waals surface area contributed by atoms with Crippen molar-refractivity contribution in [2.75, 3.05) is 46.3 Å². The van der Waals surface area contributed by atoms with Gasteiger partial charge in [-0.1, -0.05) is 6.58 Å². The minimum atomic E-state index is 0.182. The van der Waals surface area contributed by atoms with Crippen LogP contribution in [0.5, 0.6) is 0 Å². The summed E-state index contributed by atoms with van der Waals surface area (Å²) in [6.07, 6.45) is 1.27. The second kappa shape index (κ2) is 6.53. The Labute approximate surface area is 107 Å². The Morgan fingerprint density at radius 1 is 1.18 bits per heavy atom. The van der Waals surface area contributed by atoms with Crippen LogP contribution in [0.3, 0.4) is 0 Å². The Balaban J connectivity index is 2.26. The van der Waals surface area contributed by atoms with E-state index in [2.05, 4.69) is 49.5 Å². The highest BCUT2D eigenvalue weighted by Crippen LogP contribution is 2.05. The molecule has 1 fully saturated rings. The molecule has 1 aliphatic heterocycles. The lowest BCUT2D eigenvalue weighted by atomic mass is 10.1. The third-order valence-corrected chi connectivity index (χ3v) is 3.13. The molecule has 0 bridgehead atoms. The molecule has 0 aliphatic carbocycles. The maximum absolute atomic E-state index is 4.18. The van der Waals surface area contributed by atoms with Gasteiger partial charge in [-0.2, -0.15) is 0 Å². The fourth-order valence-electron chi connectivity index (χ4n) is 2.02. The van der Waals surface area contributed by atoms with E-state index in [0.29, 0.717) is 0 Å². The van der Waals surface area contributed by atoms with Crippen molar-refractivity contribution in [1.82, 2.24) is 15.1 Å². The van der Waals surface area contributed by atoms with E-state index in [1.807, 2.05) is 0 Å². The second-order valence-electron chi connectivity index (χ2n) is 6.29. The molecule has 1 rings (SSSR count). The highest BCUT2D eigenvalue weighted by Gasteiger charge is 2.14. The van der Waals surface area contributed by atoms with Gasteiger partial charge in [0.1, 0.15) is 0 Å². The molecule has 1 N–H and O–H groups in total. The van der Waals surface area contributed by atoms with Crippen LogP contribution >= 0.6 is 0 Å². The molecule has 0 radical (unpaired) electrons. The molecule has 0 amide bonds. The van der Waals surface area contributed by atoms with Crippen molar-refractivity contribution in [3.8, 4) is 0 Å². The summed E-state index contributed by atoms with van der Waals surface area (Å²) >= 11 is 0. The van der Waals surface area contributed by atoms with Crippen LogP contribution < -0.4 is 5.32 Å². The fraction of sp³-hybridized carbons (Fsp3) is 0.857. The zero-order valence-corrected chi connectivity index (χ0v) is 12.1. The Kier molecular flexibility index (Phi) is 5.63. The Hall–Kier alpha value is -0.380. The lowest BCUT2D eigenvalue weighted by molar-refractivity contribution is 0.292. The monoisotopic (exact) mass is 239 g/mol. The minimum absolute atomic E-state index is 0.182. The van der Waals surface area contributed by atoms with E-state index in [-0.39, 0.29) is 5.54 Å². The first-order chi connectivity index (χ1) is 7.87. The molecule has 0 unspecified atom stereocenters. The van der Waals surface area contributed by atoms with Gasteiger partial charge in [0.25, 0.3) is 0 Å². The fourth-order valence-corrected chi connectivity index (χ4v) is 2.02. The zero-order chi connectivity index (χ0) is 12.9. The summed E-state index contributed by atoms with van der Waals surface area (Å²) in [7, 11) is 2.21. The summed E-state index contributed by atoms with van der Waals surface area (Å²) in [5.41, 5.74) is 1.48. The van der Waals surface area contributed by atoms with Gasteiger partial charge in [-0.15, -0.1) is 0 Å². The second-order valence-corrected chi connectivity index (χ2v) is 6.29. The molecular formula is C14H29N3. The summed E-state index contributed by atoms with van der Waals surface area (Å²) in [5, 5.41) is 3.50. The number of likely N-dealkylation sites (N-methyl/N-ethyl adjacent to an activating group) is 1. The van der Waals surface area contributed by atoms with E-state index in [4.69, 9.17) is 0 Å². The average Bonchev–Trinajstić information content (AvgIpc) is 2.40. The minimum Gasteiger partial charge on any atom is -0.308 e. The topological polar surface area (TPSA) is 18.5 Å². The molecule has 0 aromatic rings. The number of nitrogens with zero attached hydrogens (tertiary/aromatic N) is 2. The van der Waals surface area contributed by atoms with Gasteiger partial charge in [0, 0.05) is 31.7 Å². The van der Waals surface area contributed by atoms with Crippen LogP contribution in [0, 0.1) is 0 Å². The van der Waals surface area contributed by atoms with Crippen molar-refractivity contribution in [3.63, 3.8) is 0 Å². The van der Waals surface area contributed by atoms with Crippen LogP contribution in [0.15, 0.2) is 12.2 Å². The largest absolute Gasteiger partial charge is 0.308 e. The molecule has 0 saturated carbocycles. The summed E-state index contributed by atoms with van der Waals surface area (Å²) in [4.78, 5) is 4.94. The van der Waals surface area contributed by atoms with Crippen LogP contribution in [-0.4, -0.2) is 61.7 Å². The van der Waals surface area contributed by atoms with E-state index >= 15 is 0 Å². The van der Waals surface area contributed by atoms with Crippen molar-refractivity contribution in [2.45, 2.75) is 32.7 Å². The number of rotatable bonds is 4. The first kappa shape index (κ1) is 14.7. The van der Waals surface area contributed by atoms with E-state index < -0.39 is 0 Å². The summed E-state index contributed by atoms with van der Waals surface area (Å²) in [6, 6.07) is 0. The third kappa shape index (κ3) is 6.81. The van der Waals surface area contributed by atoms with Crippen molar-refractivity contribution < 1.29 is 0 Å². The third-order valence-electron chi connectivity index (χ3n) is 3.13. The molecule has 0 spiro atoms. The lowest BCUT2D eigenvalue weighted by Gasteiger charge is -2.25. The Morgan fingerprint density at radius 3 is 2.53 bits per heavy atom. The quantitative estimate of drug-likeness (QED) is 0.751. The molecule has 0 aromatic heterocycles. The Morgan fingerprint density at radius 2 is 1.88 bits per heavy atom. The molecular weight excluding hydrogens is 210 g/mol. The van der Waals surface area contributed by atoms with Gasteiger partial charge in [0.2, 0.25) is 0 Å². The predicted molar refractivity (Wildman–Crippen MR) is 75.4 cm³/mol. The van der Waals surface area contributed by atoms with Crippen molar-refractivity contribution in [1.29, 1.82) is 0 Å². The first-order valence-electron chi connectivity index (χ1n) is 6.69. The standard InChI is InChI=1S/C14H29N3/c1-13(11-15-14(2,3)4)12-17-8-6-7-16(5)9-10-17/h15H,1,6-12H2,2-5H3. The molecule has 100 valence electrons. The van der Waals surface area contributed by atoms with Gasteiger partial charge in [-0.25, -0.2) is 0 Å². The Bertz CT molecular complexity index is 242. The highest BCUT2D eigenvalue weighted by atomic mass is 15.2. The smallest absolute Gasteiger partial charge is 0.0203 e. The maximum atomic E-state index is 4.18. The van der Waals surface area contributed by atoms with Gasteiger partial charge in [0.05, 0.1) is 0 Å². The van der Waals surface area contributed by atoms with E-state index in [1.54, 1.807) is 0 Å². The van der Waals surface area contributed by atoms with Gasteiger partial charge in [-0.3, -0.25) is 4.90 Å². The maximum Gasteiger partial charge on any atom is 0.0203 e. The number of nitrogens with one attached hydrogen (secondary N) is 1. The normalized spacial score (nSPS) is 20.2. The summed E-state index contributed by atoms with van der Waals surface area (Å²) in [5.74, 6) is 0. The van der Waals surface area contributed by atoms with Crippen molar-refractivity contribution in [2.24, 2.45) is 0 Å². The molecule has 1 aliphatic rings. The van der Waals surface area contributed by atoms with Crippen LogP contribution in [0.1, 0.15) is 27.2 Å². The first-order valence-corrected chi connectivity index (χ1v) is 6.69. The molecule has 3 nitrogen and oxygen atoms in total. The van der Waals surface area contributed by atoms with E-state index in [1.165, 1.54) is 38.2 Å². The van der Waals surface area contributed by atoms with Crippen LogP contribution in [-0.2, 0) is 0 Å². The highest BCUT2D eigenvalue weighted by molar-refractivity contribution is 5.01. The number of hydrogen-bond acceptors (Lipinski definition) is 3. The number of hydrogen-bond donors (Lipinski definition) is 1. The predicted octanol–water partition coefficient (Wildman–Crippen LogP) is 1.57. The van der Waals surface area contributed by atoms with Crippen molar-refractivity contribution in [3.05, 3.63) is 12.2 Å². The molecule has 1 heterocycles. The summed E-state index contributed by atoms with van der Waals surface area (Å²) < 4.78 is 0. The van der Waals surface area contributed by atoms with E-state index in [0.717, 1.165) is 13.1 Å². The van der Waals surface area contributed by atoms with Gasteiger partial charge < -0.3 is 10.2 Å². The zero-order valence-electron chi connectivity index (χ0n) is 12.1. The van der Waals surface area contributed by atoms with Crippen LogP contribution in [0.4, 0.5) is 0 Å². The molecule has 1 saturated heterocycles. The van der Waals surface area contributed by atoms with Crippen LogP contribution in [0.25, 0.3) is 0 Å². The summed E-state index contributed by atoms with van der Waals surface area (Å²) in [6.45, 7) is 17.5. The van der Waals surface area contributed by atoms with Crippen LogP contribution in [0.2, 0.25) is 0 Å². The molecule has 0 aromatic carbocycles. The van der Waals surface area contributed by atoms with Crippen molar-refractivity contribution >= 4 is 0 Å². The van der Waals surface area contributed by atoms with E-state index in [9.17, 15) is 0 Å². The van der Waals surface area contributed by atoms with Gasteiger partial charge in [-0.05, 0) is 52.9 Å². The molecule has 3 heteroatoms.